The van der Waals surface area contributed by atoms with E-state index in [1.807, 2.05) is 19.9 Å². The van der Waals surface area contributed by atoms with Crippen LogP contribution >= 0.6 is 0 Å². The van der Waals surface area contributed by atoms with Gasteiger partial charge in [0.1, 0.15) is 0 Å². The van der Waals surface area contributed by atoms with Gasteiger partial charge in [0, 0.05) is 13.5 Å². The quantitative estimate of drug-likeness (QED) is 0.788. The molecule has 0 saturated heterocycles. The molecule has 2 heteroatoms. The van der Waals surface area contributed by atoms with Gasteiger partial charge in [-0.3, -0.25) is 0 Å². The van der Waals surface area contributed by atoms with Crippen molar-refractivity contribution in [3.63, 3.8) is 0 Å². The summed E-state index contributed by atoms with van der Waals surface area (Å²) in [4.78, 5) is 0. The average Bonchev–Trinajstić information content (AvgIpc) is 2.30. The molecule has 0 bridgehead atoms. The first-order chi connectivity index (χ1) is 8.03. The average molecular weight is 236 g/mol. The molecule has 0 spiro atoms. The standard InChI is InChI=1S/C15H24O2/c1-15(2,17-3)12-14(16)11-7-10-13-8-5-4-6-9-13/h4-6,8-9,14,16H,7,10-12H2,1-3H3. The Balaban J connectivity index is 2.23. The first kappa shape index (κ1) is 14.2. The topological polar surface area (TPSA) is 29.5 Å². The Hall–Kier alpha value is -0.860. The molecule has 1 aromatic carbocycles. The molecule has 0 saturated carbocycles. The number of rotatable bonds is 7. The second-order valence-electron chi connectivity index (χ2n) is 5.20. The maximum absolute atomic E-state index is 9.91. The van der Waals surface area contributed by atoms with E-state index in [1.54, 1.807) is 7.11 Å². The van der Waals surface area contributed by atoms with Crippen LogP contribution in [0.5, 0.6) is 0 Å². The summed E-state index contributed by atoms with van der Waals surface area (Å²) in [6.45, 7) is 4.01. The highest BCUT2D eigenvalue weighted by Crippen LogP contribution is 2.18. The molecule has 0 amide bonds. The molecule has 1 rings (SSSR count). The molecular formula is C15H24O2. The van der Waals surface area contributed by atoms with Gasteiger partial charge in [0.25, 0.3) is 0 Å². The lowest BCUT2D eigenvalue weighted by atomic mass is 9.96. The fourth-order valence-corrected chi connectivity index (χ4v) is 1.94. The van der Waals surface area contributed by atoms with Crippen molar-refractivity contribution >= 4 is 0 Å². The van der Waals surface area contributed by atoms with Crippen LogP contribution in [0, 0.1) is 0 Å². The highest BCUT2D eigenvalue weighted by molar-refractivity contribution is 5.14. The lowest BCUT2D eigenvalue weighted by molar-refractivity contribution is -0.0213. The van der Waals surface area contributed by atoms with E-state index in [0.717, 1.165) is 19.3 Å². The highest BCUT2D eigenvalue weighted by atomic mass is 16.5. The number of benzene rings is 1. The summed E-state index contributed by atoms with van der Waals surface area (Å²) in [5.74, 6) is 0. The van der Waals surface area contributed by atoms with Crippen LogP contribution in [0.2, 0.25) is 0 Å². The zero-order chi connectivity index (χ0) is 12.7. The van der Waals surface area contributed by atoms with Crippen molar-refractivity contribution in [2.24, 2.45) is 0 Å². The van der Waals surface area contributed by atoms with Crippen molar-refractivity contribution in [3.8, 4) is 0 Å². The van der Waals surface area contributed by atoms with E-state index in [9.17, 15) is 5.11 Å². The number of hydrogen-bond donors (Lipinski definition) is 1. The number of aliphatic hydroxyl groups is 1. The summed E-state index contributed by atoms with van der Waals surface area (Å²) in [7, 11) is 1.69. The Morgan fingerprint density at radius 2 is 1.88 bits per heavy atom. The fraction of sp³-hybridized carbons (Fsp3) is 0.600. The highest BCUT2D eigenvalue weighted by Gasteiger charge is 2.20. The van der Waals surface area contributed by atoms with Gasteiger partial charge in [-0.15, -0.1) is 0 Å². The maximum Gasteiger partial charge on any atom is 0.0647 e. The van der Waals surface area contributed by atoms with Gasteiger partial charge in [-0.2, -0.15) is 0 Å². The van der Waals surface area contributed by atoms with Crippen LogP contribution in [-0.4, -0.2) is 23.9 Å². The molecule has 0 aliphatic heterocycles. The predicted molar refractivity (Wildman–Crippen MR) is 71.1 cm³/mol. The molecule has 96 valence electrons. The molecule has 0 aromatic heterocycles. The number of methoxy groups -OCH3 is 1. The van der Waals surface area contributed by atoms with Gasteiger partial charge in [-0.25, -0.2) is 0 Å². The van der Waals surface area contributed by atoms with Gasteiger partial charge in [0.2, 0.25) is 0 Å². The van der Waals surface area contributed by atoms with Crippen LogP contribution in [0.25, 0.3) is 0 Å². The van der Waals surface area contributed by atoms with Crippen molar-refractivity contribution < 1.29 is 9.84 Å². The van der Waals surface area contributed by atoms with E-state index in [0.29, 0.717) is 6.42 Å². The molecule has 1 unspecified atom stereocenters. The van der Waals surface area contributed by atoms with Crippen LogP contribution in [0.1, 0.15) is 38.7 Å². The van der Waals surface area contributed by atoms with E-state index >= 15 is 0 Å². The number of hydrogen-bond acceptors (Lipinski definition) is 2. The summed E-state index contributed by atoms with van der Waals surface area (Å²) in [5, 5.41) is 9.91. The van der Waals surface area contributed by atoms with Gasteiger partial charge in [0.05, 0.1) is 11.7 Å². The van der Waals surface area contributed by atoms with Crippen molar-refractivity contribution in [1.29, 1.82) is 0 Å². The van der Waals surface area contributed by atoms with Crippen LogP contribution in [-0.2, 0) is 11.2 Å². The number of ether oxygens (including phenoxy) is 1. The molecule has 1 aromatic rings. The van der Waals surface area contributed by atoms with Gasteiger partial charge in [-0.1, -0.05) is 30.3 Å². The first-order valence-corrected chi connectivity index (χ1v) is 6.30. The molecule has 0 aliphatic carbocycles. The Morgan fingerprint density at radius 1 is 1.24 bits per heavy atom. The molecule has 17 heavy (non-hydrogen) atoms. The molecule has 0 fully saturated rings. The van der Waals surface area contributed by atoms with Crippen LogP contribution in [0.15, 0.2) is 30.3 Å². The van der Waals surface area contributed by atoms with Crippen LogP contribution < -0.4 is 0 Å². The van der Waals surface area contributed by atoms with Gasteiger partial charge < -0.3 is 9.84 Å². The van der Waals surface area contributed by atoms with Gasteiger partial charge in [-0.05, 0) is 38.7 Å². The van der Waals surface area contributed by atoms with E-state index in [1.165, 1.54) is 5.56 Å². The molecule has 2 nitrogen and oxygen atoms in total. The predicted octanol–water partition coefficient (Wildman–Crippen LogP) is 3.19. The fourth-order valence-electron chi connectivity index (χ4n) is 1.94. The Bertz CT molecular complexity index is 306. The summed E-state index contributed by atoms with van der Waals surface area (Å²) < 4.78 is 5.31. The number of aryl methyl sites for hydroxylation is 1. The molecule has 0 aliphatic rings. The minimum absolute atomic E-state index is 0.230. The zero-order valence-electron chi connectivity index (χ0n) is 11.1. The second kappa shape index (κ2) is 6.77. The van der Waals surface area contributed by atoms with Crippen molar-refractivity contribution in [2.75, 3.05) is 7.11 Å². The molecule has 0 heterocycles. The molecule has 0 radical (unpaired) electrons. The lowest BCUT2D eigenvalue weighted by Crippen LogP contribution is -2.28. The molecular weight excluding hydrogens is 212 g/mol. The Morgan fingerprint density at radius 3 is 2.47 bits per heavy atom. The smallest absolute Gasteiger partial charge is 0.0647 e. The van der Waals surface area contributed by atoms with Crippen molar-refractivity contribution in [1.82, 2.24) is 0 Å². The molecule has 1 atom stereocenters. The summed E-state index contributed by atoms with van der Waals surface area (Å²) in [6.07, 6.45) is 3.31. The van der Waals surface area contributed by atoms with Crippen LogP contribution in [0.3, 0.4) is 0 Å². The summed E-state index contributed by atoms with van der Waals surface area (Å²) in [6, 6.07) is 10.4. The maximum atomic E-state index is 9.91. The largest absolute Gasteiger partial charge is 0.393 e. The first-order valence-electron chi connectivity index (χ1n) is 6.30. The summed E-state index contributed by atoms with van der Waals surface area (Å²) in [5.41, 5.74) is 1.11. The third-order valence-corrected chi connectivity index (χ3v) is 3.13. The second-order valence-corrected chi connectivity index (χ2v) is 5.20. The minimum atomic E-state index is -0.270. The van der Waals surface area contributed by atoms with Crippen molar-refractivity contribution in [2.45, 2.75) is 51.2 Å². The van der Waals surface area contributed by atoms with E-state index < -0.39 is 0 Å². The van der Waals surface area contributed by atoms with E-state index in [-0.39, 0.29) is 11.7 Å². The monoisotopic (exact) mass is 236 g/mol. The zero-order valence-corrected chi connectivity index (χ0v) is 11.1. The van der Waals surface area contributed by atoms with Gasteiger partial charge in [0.15, 0.2) is 0 Å². The SMILES string of the molecule is COC(C)(C)CC(O)CCCc1ccccc1. The lowest BCUT2D eigenvalue weighted by Gasteiger charge is -2.25. The Kier molecular flexibility index (Phi) is 5.66. The summed E-state index contributed by atoms with van der Waals surface area (Å²) >= 11 is 0. The van der Waals surface area contributed by atoms with E-state index in [2.05, 4.69) is 24.3 Å². The Labute approximate surface area is 105 Å². The number of aliphatic hydroxyl groups excluding tert-OH is 1. The third-order valence-electron chi connectivity index (χ3n) is 3.13. The van der Waals surface area contributed by atoms with Crippen LogP contribution in [0.4, 0.5) is 0 Å². The third kappa shape index (κ3) is 5.85. The normalized spacial score (nSPS) is 13.6. The minimum Gasteiger partial charge on any atom is -0.393 e. The van der Waals surface area contributed by atoms with E-state index in [4.69, 9.17) is 4.74 Å². The molecule has 1 N–H and O–H groups in total. The van der Waals surface area contributed by atoms with Gasteiger partial charge >= 0.3 is 0 Å². The van der Waals surface area contributed by atoms with Crippen molar-refractivity contribution in [3.05, 3.63) is 35.9 Å².